The quantitative estimate of drug-likeness (QED) is 0.764. The van der Waals surface area contributed by atoms with Gasteiger partial charge in [0.1, 0.15) is 0 Å². The van der Waals surface area contributed by atoms with Gasteiger partial charge in [-0.05, 0) is 18.9 Å². The van der Waals surface area contributed by atoms with Gasteiger partial charge in [-0.25, -0.2) is 9.59 Å². The Labute approximate surface area is 122 Å². The third-order valence-electron chi connectivity index (χ3n) is 3.60. The van der Waals surface area contributed by atoms with E-state index >= 15 is 0 Å². The normalized spacial score (nSPS) is 14.9. The number of carbonyl (C=O) groups is 2. The van der Waals surface area contributed by atoms with Crippen LogP contribution < -0.4 is 5.32 Å². The van der Waals surface area contributed by atoms with Crippen molar-refractivity contribution in [3.05, 3.63) is 24.0 Å². The zero-order valence-electron chi connectivity index (χ0n) is 11.7. The number of nitrogens with zero attached hydrogens (tertiary/aromatic N) is 2. The first-order valence-corrected chi connectivity index (χ1v) is 6.98. The molecule has 7 nitrogen and oxygen atoms in total. The lowest BCUT2D eigenvalue weighted by atomic mass is 10.2. The Bertz CT molecular complexity index is 515. The van der Waals surface area contributed by atoms with E-state index < -0.39 is 5.97 Å². The fraction of sp³-hybridized carbons (Fsp3) is 0.500. The number of hydrogen-bond donors (Lipinski definition) is 3. The second-order valence-electron chi connectivity index (χ2n) is 5.05. The highest BCUT2D eigenvalue weighted by Crippen LogP contribution is 2.24. The lowest BCUT2D eigenvalue weighted by Gasteiger charge is -2.28. The van der Waals surface area contributed by atoms with Gasteiger partial charge in [0, 0.05) is 18.8 Å². The van der Waals surface area contributed by atoms with Gasteiger partial charge in [0.05, 0.1) is 24.1 Å². The topological polar surface area (TPSA) is 103 Å². The average molecular weight is 293 g/mol. The molecular weight excluding hydrogens is 274 g/mol. The molecule has 2 amide bonds. The molecule has 3 N–H and O–H groups in total. The molecule has 1 saturated carbocycles. The molecular formula is C14H19N3O4. The Morgan fingerprint density at radius 1 is 1.33 bits per heavy atom. The summed E-state index contributed by atoms with van der Waals surface area (Å²) in [5.74, 6) is -1.10. The molecule has 0 saturated heterocycles. The van der Waals surface area contributed by atoms with Gasteiger partial charge in [-0.3, -0.25) is 4.98 Å². The van der Waals surface area contributed by atoms with Crippen molar-refractivity contribution in [1.29, 1.82) is 0 Å². The van der Waals surface area contributed by atoms with Crippen LogP contribution in [-0.4, -0.2) is 51.3 Å². The summed E-state index contributed by atoms with van der Waals surface area (Å²) in [7, 11) is 0. The van der Waals surface area contributed by atoms with Crippen LogP contribution in [-0.2, 0) is 0 Å². The number of carboxylic acid groups (broad SMARTS) is 1. The van der Waals surface area contributed by atoms with Crippen LogP contribution in [0.4, 0.5) is 10.5 Å². The van der Waals surface area contributed by atoms with Gasteiger partial charge in [0.2, 0.25) is 0 Å². The fourth-order valence-corrected chi connectivity index (χ4v) is 2.59. The maximum atomic E-state index is 12.3. The van der Waals surface area contributed by atoms with Gasteiger partial charge < -0.3 is 20.4 Å². The Morgan fingerprint density at radius 2 is 2.05 bits per heavy atom. The van der Waals surface area contributed by atoms with Crippen molar-refractivity contribution in [2.45, 2.75) is 31.7 Å². The summed E-state index contributed by atoms with van der Waals surface area (Å²) in [4.78, 5) is 28.6. The molecule has 0 atom stereocenters. The van der Waals surface area contributed by atoms with E-state index in [1.165, 1.54) is 18.5 Å². The minimum Gasteiger partial charge on any atom is -0.478 e. The summed E-state index contributed by atoms with van der Waals surface area (Å²) in [5, 5.41) is 20.7. The number of urea groups is 1. The molecule has 1 fully saturated rings. The highest BCUT2D eigenvalue weighted by atomic mass is 16.4. The van der Waals surface area contributed by atoms with Crippen LogP contribution in [0.5, 0.6) is 0 Å². The molecule has 1 aliphatic carbocycles. The van der Waals surface area contributed by atoms with E-state index in [0.29, 0.717) is 5.69 Å². The predicted molar refractivity (Wildman–Crippen MR) is 76.3 cm³/mol. The summed E-state index contributed by atoms with van der Waals surface area (Å²) < 4.78 is 0. The molecule has 0 aromatic carbocycles. The van der Waals surface area contributed by atoms with Crippen molar-refractivity contribution in [3.8, 4) is 0 Å². The highest BCUT2D eigenvalue weighted by Gasteiger charge is 2.26. The minimum absolute atomic E-state index is 0.0161. The largest absolute Gasteiger partial charge is 0.478 e. The number of anilines is 1. The molecule has 0 radical (unpaired) electrons. The maximum Gasteiger partial charge on any atom is 0.337 e. The van der Waals surface area contributed by atoms with Gasteiger partial charge in [-0.1, -0.05) is 12.8 Å². The number of hydrogen-bond acceptors (Lipinski definition) is 4. The molecule has 7 heteroatoms. The molecule has 114 valence electrons. The molecule has 1 aliphatic rings. The van der Waals surface area contributed by atoms with Crippen LogP contribution in [0, 0.1) is 0 Å². The second kappa shape index (κ2) is 7.03. The van der Waals surface area contributed by atoms with Crippen LogP contribution >= 0.6 is 0 Å². The second-order valence-corrected chi connectivity index (χ2v) is 5.05. The number of aromatic nitrogens is 1. The van der Waals surface area contributed by atoms with Crippen molar-refractivity contribution >= 4 is 17.7 Å². The number of nitrogens with one attached hydrogen (secondary N) is 1. The minimum atomic E-state index is -1.10. The summed E-state index contributed by atoms with van der Waals surface area (Å²) in [6, 6.07) is 1.16. The van der Waals surface area contributed by atoms with Gasteiger partial charge >= 0.3 is 12.0 Å². The summed E-state index contributed by atoms with van der Waals surface area (Å²) in [6.45, 7) is 0.167. The Hall–Kier alpha value is -2.15. The lowest BCUT2D eigenvalue weighted by Crippen LogP contribution is -2.43. The number of aromatic carboxylic acids is 1. The number of aliphatic hydroxyl groups excluding tert-OH is 1. The Morgan fingerprint density at radius 3 is 2.67 bits per heavy atom. The van der Waals surface area contributed by atoms with Crippen LogP contribution in [0.1, 0.15) is 36.0 Å². The summed E-state index contributed by atoms with van der Waals surface area (Å²) in [5.41, 5.74) is 0.350. The smallest absolute Gasteiger partial charge is 0.337 e. The number of aliphatic hydroxyl groups is 1. The van der Waals surface area contributed by atoms with E-state index in [9.17, 15) is 9.59 Å². The van der Waals surface area contributed by atoms with Crippen LogP contribution in [0.15, 0.2) is 18.5 Å². The van der Waals surface area contributed by atoms with Crippen LogP contribution in [0.3, 0.4) is 0 Å². The maximum absolute atomic E-state index is 12.3. The Balaban J connectivity index is 2.07. The van der Waals surface area contributed by atoms with Crippen molar-refractivity contribution in [3.63, 3.8) is 0 Å². The van der Waals surface area contributed by atoms with E-state index in [4.69, 9.17) is 10.2 Å². The zero-order valence-corrected chi connectivity index (χ0v) is 11.7. The van der Waals surface area contributed by atoms with Crippen molar-refractivity contribution in [2.24, 2.45) is 0 Å². The van der Waals surface area contributed by atoms with Crippen molar-refractivity contribution in [2.75, 3.05) is 18.5 Å². The van der Waals surface area contributed by atoms with Crippen LogP contribution in [0.2, 0.25) is 0 Å². The molecule has 0 spiro atoms. The highest BCUT2D eigenvalue weighted by molar-refractivity contribution is 5.92. The number of carboxylic acids is 1. The Kier molecular flexibility index (Phi) is 5.10. The van der Waals surface area contributed by atoms with Gasteiger partial charge in [0.25, 0.3) is 0 Å². The third kappa shape index (κ3) is 3.91. The van der Waals surface area contributed by atoms with E-state index in [2.05, 4.69) is 10.3 Å². The first-order chi connectivity index (χ1) is 10.1. The first-order valence-electron chi connectivity index (χ1n) is 6.98. The van der Waals surface area contributed by atoms with E-state index in [1.807, 2.05) is 0 Å². The molecule has 0 bridgehead atoms. The van der Waals surface area contributed by atoms with Gasteiger partial charge in [-0.15, -0.1) is 0 Å². The average Bonchev–Trinajstić information content (AvgIpc) is 2.98. The van der Waals surface area contributed by atoms with Gasteiger partial charge in [0.15, 0.2) is 0 Å². The number of amides is 2. The van der Waals surface area contributed by atoms with E-state index in [0.717, 1.165) is 25.7 Å². The standard InChI is InChI=1S/C14H19N3O4/c18-6-5-17(12-3-1-2-4-12)14(21)16-11-7-10(13(19)20)8-15-9-11/h7-9,12,18H,1-6H2,(H,16,21)(H,19,20). The first kappa shape index (κ1) is 15.2. The van der Waals surface area contributed by atoms with Gasteiger partial charge in [-0.2, -0.15) is 0 Å². The molecule has 0 aliphatic heterocycles. The van der Waals surface area contributed by atoms with E-state index in [-0.39, 0.29) is 30.8 Å². The SMILES string of the molecule is O=C(O)c1cncc(NC(=O)N(CCO)C2CCCC2)c1. The van der Waals surface area contributed by atoms with Crippen LogP contribution in [0.25, 0.3) is 0 Å². The molecule has 1 aromatic heterocycles. The number of carbonyl (C=O) groups excluding carboxylic acids is 1. The molecule has 2 rings (SSSR count). The summed E-state index contributed by atoms with van der Waals surface area (Å²) >= 11 is 0. The van der Waals surface area contributed by atoms with Crippen molar-refractivity contribution in [1.82, 2.24) is 9.88 Å². The third-order valence-corrected chi connectivity index (χ3v) is 3.60. The number of rotatable bonds is 5. The molecule has 0 unspecified atom stereocenters. The monoisotopic (exact) mass is 293 g/mol. The molecule has 1 heterocycles. The van der Waals surface area contributed by atoms with Crippen molar-refractivity contribution < 1.29 is 19.8 Å². The van der Waals surface area contributed by atoms with E-state index in [1.54, 1.807) is 4.90 Å². The fourth-order valence-electron chi connectivity index (χ4n) is 2.59. The lowest BCUT2D eigenvalue weighted by molar-refractivity contribution is 0.0696. The summed E-state index contributed by atoms with van der Waals surface area (Å²) in [6.07, 6.45) is 6.64. The predicted octanol–water partition coefficient (Wildman–Crippen LogP) is 1.55. The molecule has 1 aromatic rings. The molecule has 21 heavy (non-hydrogen) atoms. The zero-order chi connectivity index (χ0) is 15.2. The number of pyridine rings is 1.